The van der Waals surface area contributed by atoms with E-state index in [0.29, 0.717) is 31.9 Å². The van der Waals surface area contributed by atoms with Crippen molar-refractivity contribution >= 4 is 11.6 Å². The Bertz CT molecular complexity index is 477. The van der Waals surface area contributed by atoms with E-state index in [2.05, 4.69) is 9.88 Å². The number of pyridine rings is 1. The average molecular weight is 293 g/mol. The van der Waals surface area contributed by atoms with Gasteiger partial charge < -0.3 is 19.6 Å². The Morgan fingerprint density at radius 1 is 1.52 bits per heavy atom. The number of aromatic nitrogens is 1. The van der Waals surface area contributed by atoms with E-state index in [9.17, 15) is 9.90 Å². The Hall–Kier alpha value is -1.66. The second-order valence-corrected chi connectivity index (χ2v) is 5.00. The fourth-order valence-corrected chi connectivity index (χ4v) is 2.47. The van der Waals surface area contributed by atoms with E-state index in [1.165, 1.54) is 0 Å². The van der Waals surface area contributed by atoms with Gasteiger partial charge in [-0.15, -0.1) is 0 Å². The Kier molecular flexibility index (Phi) is 5.52. The molecular weight excluding hydrogens is 270 g/mol. The lowest BCUT2D eigenvalue weighted by Crippen LogP contribution is -2.44. The number of anilines is 1. The van der Waals surface area contributed by atoms with Crippen LogP contribution < -0.4 is 4.90 Å². The molecule has 2 rings (SSSR count). The molecule has 0 saturated carbocycles. The van der Waals surface area contributed by atoms with Crippen molar-refractivity contribution in [2.45, 2.75) is 20.0 Å². The molecule has 116 valence electrons. The van der Waals surface area contributed by atoms with E-state index in [0.717, 1.165) is 12.2 Å². The Balaban J connectivity index is 2.15. The Morgan fingerprint density at radius 2 is 2.29 bits per heavy atom. The molecule has 1 N–H and O–H groups in total. The molecule has 2 heterocycles. The van der Waals surface area contributed by atoms with Crippen LogP contribution in [0.5, 0.6) is 0 Å². The molecule has 1 aliphatic rings. The highest BCUT2D eigenvalue weighted by Gasteiger charge is 2.21. The summed E-state index contributed by atoms with van der Waals surface area (Å²) in [5.74, 6) is -0.0474. The molecule has 1 amide bonds. The minimum Gasteiger partial charge on any atom is -0.394 e. The highest BCUT2D eigenvalue weighted by Crippen LogP contribution is 2.18. The Labute approximate surface area is 125 Å². The summed E-state index contributed by atoms with van der Waals surface area (Å²) in [6, 6.07) is 3.71. The number of hydrogen-bond donors (Lipinski definition) is 1. The molecule has 0 bridgehead atoms. The van der Waals surface area contributed by atoms with E-state index in [1.54, 1.807) is 11.1 Å². The van der Waals surface area contributed by atoms with Gasteiger partial charge in [0.25, 0.3) is 5.91 Å². The molecule has 1 aromatic rings. The molecule has 21 heavy (non-hydrogen) atoms. The van der Waals surface area contributed by atoms with Gasteiger partial charge in [0.05, 0.1) is 19.3 Å². The molecular formula is C15H23N3O3. The lowest BCUT2D eigenvalue weighted by Gasteiger charge is -2.33. The summed E-state index contributed by atoms with van der Waals surface area (Å²) < 4.78 is 5.45. The van der Waals surface area contributed by atoms with Gasteiger partial charge in [0.15, 0.2) is 0 Å². The van der Waals surface area contributed by atoms with Gasteiger partial charge in [-0.2, -0.15) is 0 Å². The fourth-order valence-electron chi connectivity index (χ4n) is 2.47. The number of hydrogen-bond acceptors (Lipinski definition) is 5. The standard InChI is InChI=1S/C15H23N3O3/c1-3-17(4-2)15(20)14-9-12(5-6-16-14)18-7-8-21-13(10-18)11-19/h5-6,9,13,19H,3-4,7-8,10-11H2,1-2H3. The third-order valence-corrected chi connectivity index (χ3v) is 3.72. The van der Waals surface area contributed by atoms with Crippen molar-refractivity contribution in [2.75, 3.05) is 44.3 Å². The maximum absolute atomic E-state index is 12.3. The van der Waals surface area contributed by atoms with Gasteiger partial charge in [0.2, 0.25) is 0 Å². The zero-order valence-corrected chi connectivity index (χ0v) is 12.7. The molecule has 1 aliphatic heterocycles. The van der Waals surface area contributed by atoms with Gasteiger partial charge in [-0.25, -0.2) is 0 Å². The number of carbonyl (C=O) groups excluding carboxylic acids is 1. The van der Waals surface area contributed by atoms with Crippen LogP contribution in [0.25, 0.3) is 0 Å². The first-order valence-corrected chi connectivity index (χ1v) is 7.42. The number of rotatable bonds is 5. The van der Waals surface area contributed by atoms with Crippen LogP contribution in [0.3, 0.4) is 0 Å². The van der Waals surface area contributed by atoms with Crippen LogP contribution in [-0.4, -0.2) is 66.4 Å². The molecule has 0 radical (unpaired) electrons. The fraction of sp³-hybridized carbons (Fsp3) is 0.600. The first kappa shape index (κ1) is 15.7. The van der Waals surface area contributed by atoms with Crippen molar-refractivity contribution in [1.29, 1.82) is 0 Å². The summed E-state index contributed by atoms with van der Waals surface area (Å²) >= 11 is 0. The summed E-state index contributed by atoms with van der Waals surface area (Å²) in [6.07, 6.45) is 1.49. The topological polar surface area (TPSA) is 65.9 Å². The minimum absolute atomic E-state index is 0.00676. The number of nitrogens with zero attached hydrogens (tertiary/aromatic N) is 3. The van der Waals surface area contributed by atoms with Crippen molar-refractivity contribution in [3.8, 4) is 0 Å². The average Bonchev–Trinajstić information content (AvgIpc) is 2.56. The Morgan fingerprint density at radius 3 is 2.95 bits per heavy atom. The maximum atomic E-state index is 12.3. The molecule has 1 fully saturated rings. The van der Waals surface area contributed by atoms with Crippen LogP contribution >= 0.6 is 0 Å². The van der Waals surface area contributed by atoms with Crippen molar-refractivity contribution in [1.82, 2.24) is 9.88 Å². The van der Waals surface area contributed by atoms with E-state index in [4.69, 9.17) is 4.74 Å². The summed E-state index contributed by atoms with van der Waals surface area (Å²) in [4.78, 5) is 20.4. The molecule has 0 aliphatic carbocycles. The first-order valence-electron chi connectivity index (χ1n) is 7.42. The van der Waals surface area contributed by atoms with Crippen LogP contribution in [0, 0.1) is 0 Å². The number of morpholine rings is 1. The van der Waals surface area contributed by atoms with Crippen LogP contribution in [0.4, 0.5) is 5.69 Å². The maximum Gasteiger partial charge on any atom is 0.272 e. The molecule has 0 aromatic carbocycles. The largest absolute Gasteiger partial charge is 0.394 e. The lowest BCUT2D eigenvalue weighted by atomic mass is 10.2. The molecule has 1 saturated heterocycles. The van der Waals surface area contributed by atoms with Crippen molar-refractivity contribution in [2.24, 2.45) is 0 Å². The van der Waals surface area contributed by atoms with Crippen LogP contribution in [0.2, 0.25) is 0 Å². The molecule has 0 spiro atoms. The molecule has 6 nitrogen and oxygen atoms in total. The van der Waals surface area contributed by atoms with Gasteiger partial charge in [-0.1, -0.05) is 0 Å². The number of aliphatic hydroxyl groups excluding tert-OH is 1. The number of aliphatic hydroxyl groups is 1. The monoisotopic (exact) mass is 293 g/mol. The van der Waals surface area contributed by atoms with Crippen molar-refractivity contribution in [3.63, 3.8) is 0 Å². The zero-order valence-electron chi connectivity index (χ0n) is 12.7. The third kappa shape index (κ3) is 3.71. The van der Waals surface area contributed by atoms with Gasteiger partial charge in [-0.3, -0.25) is 9.78 Å². The number of amides is 1. The van der Waals surface area contributed by atoms with Gasteiger partial charge in [-0.05, 0) is 26.0 Å². The number of carbonyl (C=O) groups is 1. The van der Waals surface area contributed by atoms with Crippen LogP contribution in [0.15, 0.2) is 18.3 Å². The summed E-state index contributed by atoms with van der Waals surface area (Å²) in [6.45, 7) is 7.22. The molecule has 6 heteroatoms. The lowest BCUT2D eigenvalue weighted by molar-refractivity contribution is 0.00356. The molecule has 1 unspecified atom stereocenters. The van der Waals surface area contributed by atoms with E-state index in [-0.39, 0.29) is 18.6 Å². The smallest absolute Gasteiger partial charge is 0.272 e. The van der Waals surface area contributed by atoms with Crippen molar-refractivity contribution < 1.29 is 14.6 Å². The van der Waals surface area contributed by atoms with E-state index in [1.807, 2.05) is 26.0 Å². The predicted molar refractivity (Wildman–Crippen MR) is 80.5 cm³/mol. The SMILES string of the molecule is CCN(CC)C(=O)c1cc(N2CCOC(CO)C2)ccn1. The normalized spacial score (nSPS) is 18.6. The third-order valence-electron chi connectivity index (χ3n) is 3.72. The number of ether oxygens (including phenoxy) is 1. The highest BCUT2D eigenvalue weighted by atomic mass is 16.5. The quantitative estimate of drug-likeness (QED) is 0.868. The van der Waals surface area contributed by atoms with E-state index >= 15 is 0 Å². The van der Waals surface area contributed by atoms with Gasteiger partial charge in [0.1, 0.15) is 5.69 Å². The van der Waals surface area contributed by atoms with Crippen LogP contribution in [-0.2, 0) is 4.74 Å². The van der Waals surface area contributed by atoms with Crippen molar-refractivity contribution in [3.05, 3.63) is 24.0 Å². The second kappa shape index (κ2) is 7.38. The van der Waals surface area contributed by atoms with E-state index < -0.39 is 0 Å². The highest BCUT2D eigenvalue weighted by molar-refractivity contribution is 5.93. The van der Waals surface area contributed by atoms with Gasteiger partial charge in [0, 0.05) is 38.1 Å². The minimum atomic E-state index is -0.172. The summed E-state index contributed by atoms with van der Waals surface area (Å²) in [5, 5.41) is 9.21. The molecule has 1 aromatic heterocycles. The first-order chi connectivity index (χ1) is 10.2. The predicted octanol–water partition coefficient (Wildman–Crippen LogP) is 0.761. The van der Waals surface area contributed by atoms with Crippen LogP contribution in [0.1, 0.15) is 24.3 Å². The zero-order chi connectivity index (χ0) is 15.2. The summed E-state index contributed by atoms with van der Waals surface area (Å²) in [7, 11) is 0. The summed E-state index contributed by atoms with van der Waals surface area (Å²) in [5.41, 5.74) is 1.41. The molecule has 1 atom stereocenters. The van der Waals surface area contributed by atoms with Gasteiger partial charge >= 0.3 is 0 Å². The second-order valence-electron chi connectivity index (χ2n) is 5.00.